The van der Waals surface area contributed by atoms with Crippen molar-refractivity contribution in [2.24, 2.45) is 0 Å². The molecule has 0 spiro atoms. The summed E-state index contributed by atoms with van der Waals surface area (Å²) in [5.41, 5.74) is 2.96. The zero-order valence-corrected chi connectivity index (χ0v) is 17.0. The predicted octanol–water partition coefficient (Wildman–Crippen LogP) is 3.65. The first-order valence-electron chi connectivity index (χ1n) is 8.69. The molecule has 0 radical (unpaired) electrons. The van der Waals surface area contributed by atoms with Crippen LogP contribution in [0.25, 0.3) is 0 Å². The Bertz CT molecular complexity index is 944. The molecule has 0 unspecified atom stereocenters. The highest BCUT2D eigenvalue weighted by molar-refractivity contribution is 7.99. The van der Waals surface area contributed by atoms with Crippen molar-refractivity contribution in [2.75, 3.05) is 11.1 Å². The standard InChI is InChI=1S/C20H20N4O2S2/c1-14-6-5-7-15(10-14)11-21-17(25)12-27-13-18-23-24-20(28-18)19(26)22-16-8-3-2-4-9-16/h2-10H,11-13H2,1H3,(H,21,25)(H,22,26). The highest BCUT2D eigenvalue weighted by Gasteiger charge is 2.13. The van der Waals surface area contributed by atoms with E-state index in [1.165, 1.54) is 28.7 Å². The lowest BCUT2D eigenvalue weighted by Gasteiger charge is -2.05. The Hall–Kier alpha value is -2.71. The number of amides is 2. The molecule has 2 aromatic carbocycles. The van der Waals surface area contributed by atoms with Gasteiger partial charge >= 0.3 is 0 Å². The number of benzene rings is 2. The third-order valence-corrected chi connectivity index (χ3v) is 5.77. The van der Waals surface area contributed by atoms with Crippen LogP contribution in [0.5, 0.6) is 0 Å². The summed E-state index contributed by atoms with van der Waals surface area (Å²) >= 11 is 2.68. The van der Waals surface area contributed by atoms with E-state index in [0.29, 0.717) is 28.7 Å². The van der Waals surface area contributed by atoms with Gasteiger partial charge in [0.05, 0.1) is 5.75 Å². The Balaban J connectivity index is 1.40. The highest BCUT2D eigenvalue weighted by atomic mass is 32.2. The number of carbonyl (C=O) groups excluding carboxylic acids is 2. The Morgan fingerprint density at radius 3 is 2.68 bits per heavy atom. The van der Waals surface area contributed by atoms with Crippen LogP contribution >= 0.6 is 23.1 Å². The molecule has 8 heteroatoms. The molecule has 6 nitrogen and oxygen atoms in total. The molecule has 3 rings (SSSR count). The number of anilines is 1. The maximum Gasteiger partial charge on any atom is 0.286 e. The molecular weight excluding hydrogens is 392 g/mol. The molecule has 1 heterocycles. The fourth-order valence-corrected chi connectivity index (χ4v) is 4.05. The quantitative estimate of drug-likeness (QED) is 0.590. The lowest BCUT2D eigenvalue weighted by molar-refractivity contribution is -0.118. The van der Waals surface area contributed by atoms with E-state index >= 15 is 0 Å². The van der Waals surface area contributed by atoms with Gasteiger partial charge in [0, 0.05) is 18.0 Å². The number of nitrogens with zero attached hydrogens (tertiary/aromatic N) is 2. The van der Waals surface area contributed by atoms with Gasteiger partial charge in [0.15, 0.2) is 0 Å². The number of carbonyl (C=O) groups is 2. The summed E-state index contributed by atoms with van der Waals surface area (Å²) in [5.74, 6) is 0.555. The Morgan fingerprint density at radius 1 is 1.07 bits per heavy atom. The van der Waals surface area contributed by atoms with Crippen LogP contribution in [0.3, 0.4) is 0 Å². The molecule has 0 aliphatic carbocycles. The van der Waals surface area contributed by atoms with E-state index in [2.05, 4.69) is 26.9 Å². The van der Waals surface area contributed by atoms with E-state index in [9.17, 15) is 9.59 Å². The van der Waals surface area contributed by atoms with Gasteiger partial charge in [-0.3, -0.25) is 9.59 Å². The number of para-hydroxylation sites is 1. The minimum absolute atomic E-state index is 0.0296. The second-order valence-corrected chi connectivity index (χ2v) is 8.13. The zero-order valence-electron chi connectivity index (χ0n) is 15.3. The first-order valence-corrected chi connectivity index (χ1v) is 10.7. The summed E-state index contributed by atoms with van der Waals surface area (Å²) in [6.45, 7) is 2.54. The lowest BCUT2D eigenvalue weighted by Crippen LogP contribution is -2.24. The highest BCUT2D eigenvalue weighted by Crippen LogP contribution is 2.18. The Kier molecular flexibility index (Phi) is 7.16. The third kappa shape index (κ3) is 6.17. The number of rotatable bonds is 8. The maximum atomic E-state index is 12.2. The minimum Gasteiger partial charge on any atom is -0.351 e. The molecule has 0 saturated carbocycles. The van der Waals surface area contributed by atoms with Crippen LogP contribution in [0.2, 0.25) is 0 Å². The zero-order chi connectivity index (χ0) is 19.8. The molecule has 144 valence electrons. The van der Waals surface area contributed by atoms with Crippen molar-refractivity contribution in [1.82, 2.24) is 15.5 Å². The average Bonchev–Trinajstić information content (AvgIpc) is 3.16. The van der Waals surface area contributed by atoms with Gasteiger partial charge in [0.2, 0.25) is 10.9 Å². The van der Waals surface area contributed by atoms with Crippen LogP contribution in [-0.4, -0.2) is 27.8 Å². The van der Waals surface area contributed by atoms with Gasteiger partial charge in [-0.1, -0.05) is 59.4 Å². The molecular formula is C20H20N4O2S2. The second kappa shape index (κ2) is 10.0. The molecule has 1 aromatic heterocycles. The second-order valence-electron chi connectivity index (χ2n) is 6.08. The first-order chi connectivity index (χ1) is 13.6. The summed E-state index contributed by atoms with van der Waals surface area (Å²) in [7, 11) is 0. The number of aryl methyl sites for hydroxylation is 1. The molecule has 0 bridgehead atoms. The van der Waals surface area contributed by atoms with E-state index in [0.717, 1.165) is 10.6 Å². The van der Waals surface area contributed by atoms with Crippen molar-refractivity contribution in [3.05, 3.63) is 75.7 Å². The molecule has 3 aromatic rings. The molecule has 0 aliphatic rings. The fourth-order valence-electron chi connectivity index (χ4n) is 2.41. The van der Waals surface area contributed by atoms with Gasteiger partial charge < -0.3 is 10.6 Å². The van der Waals surface area contributed by atoms with Crippen LogP contribution in [-0.2, 0) is 17.1 Å². The van der Waals surface area contributed by atoms with Crippen LogP contribution in [0, 0.1) is 6.92 Å². The summed E-state index contributed by atoms with van der Waals surface area (Å²) in [4.78, 5) is 24.2. The number of hydrogen-bond acceptors (Lipinski definition) is 6. The fraction of sp³-hybridized carbons (Fsp3) is 0.200. The van der Waals surface area contributed by atoms with Crippen molar-refractivity contribution in [3.63, 3.8) is 0 Å². The van der Waals surface area contributed by atoms with Gasteiger partial charge in [-0.25, -0.2) is 0 Å². The van der Waals surface area contributed by atoms with Gasteiger partial charge in [-0.15, -0.1) is 22.0 Å². The largest absolute Gasteiger partial charge is 0.351 e. The maximum absolute atomic E-state index is 12.2. The van der Waals surface area contributed by atoms with E-state index in [4.69, 9.17) is 0 Å². The average molecular weight is 413 g/mol. The first kappa shape index (κ1) is 20.0. The van der Waals surface area contributed by atoms with E-state index < -0.39 is 0 Å². The molecule has 0 aliphatic heterocycles. The van der Waals surface area contributed by atoms with Crippen LogP contribution in [0.4, 0.5) is 5.69 Å². The third-order valence-electron chi connectivity index (χ3n) is 3.72. The van der Waals surface area contributed by atoms with Crippen molar-refractivity contribution in [2.45, 2.75) is 19.2 Å². The van der Waals surface area contributed by atoms with Gasteiger partial charge in [-0.05, 0) is 24.6 Å². The van der Waals surface area contributed by atoms with E-state index in [1.54, 1.807) is 0 Å². The topological polar surface area (TPSA) is 84.0 Å². The number of nitrogens with one attached hydrogen (secondary N) is 2. The van der Waals surface area contributed by atoms with Gasteiger partial charge in [0.25, 0.3) is 5.91 Å². The van der Waals surface area contributed by atoms with Crippen LogP contribution in [0.15, 0.2) is 54.6 Å². The number of thioether (sulfide) groups is 1. The molecule has 2 N–H and O–H groups in total. The van der Waals surface area contributed by atoms with Crippen molar-refractivity contribution in [3.8, 4) is 0 Å². The van der Waals surface area contributed by atoms with Crippen molar-refractivity contribution in [1.29, 1.82) is 0 Å². The smallest absolute Gasteiger partial charge is 0.286 e. The summed E-state index contributed by atoms with van der Waals surface area (Å²) < 4.78 is 0. The predicted molar refractivity (Wildman–Crippen MR) is 113 cm³/mol. The van der Waals surface area contributed by atoms with Gasteiger partial charge in [-0.2, -0.15) is 0 Å². The van der Waals surface area contributed by atoms with E-state index in [1.807, 2.05) is 55.5 Å². The van der Waals surface area contributed by atoms with Crippen LogP contribution < -0.4 is 10.6 Å². The summed E-state index contributed by atoms with van der Waals surface area (Å²) in [6.07, 6.45) is 0. The molecule has 2 amide bonds. The Morgan fingerprint density at radius 2 is 1.89 bits per heavy atom. The van der Waals surface area contributed by atoms with Crippen LogP contribution in [0.1, 0.15) is 25.9 Å². The summed E-state index contributed by atoms with van der Waals surface area (Å²) in [5, 5.41) is 14.7. The monoisotopic (exact) mass is 412 g/mol. The molecule has 0 fully saturated rings. The van der Waals surface area contributed by atoms with Gasteiger partial charge in [0.1, 0.15) is 5.01 Å². The molecule has 0 saturated heterocycles. The lowest BCUT2D eigenvalue weighted by atomic mass is 10.1. The number of hydrogen-bond donors (Lipinski definition) is 2. The SMILES string of the molecule is Cc1cccc(CNC(=O)CSCc2nnc(C(=O)Nc3ccccc3)s2)c1. The Labute approximate surface area is 171 Å². The molecule has 28 heavy (non-hydrogen) atoms. The summed E-state index contributed by atoms with van der Waals surface area (Å²) in [6, 6.07) is 17.2. The number of aromatic nitrogens is 2. The van der Waals surface area contributed by atoms with Crippen molar-refractivity contribution >= 4 is 40.6 Å². The van der Waals surface area contributed by atoms with E-state index in [-0.39, 0.29) is 11.8 Å². The molecule has 0 atom stereocenters. The minimum atomic E-state index is -0.282. The van der Waals surface area contributed by atoms with Crippen molar-refractivity contribution < 1.29 is 9.59 Å². The normalized spacial score (nSPS) is 10.5.